The Balaban J connectivity index is 2.64. The molecule has 0 saturated heterocycles. The first-order valence-corrected chi connectivity index (χ1v) is 5.29. The zero-order valence-electron chi connectivity index (χ0n) is 7.10. The maximum Gasteiger partial charge on any atom is 0.239 e. The zero-order valence-corrected chi connectivity index (χ0v) is 7.91. The highest BCUT2D eigenvalue weighted by molar-refractivity contribution is 7.84. The van der Waals surface area contributed by atoms with Crippen molar-refractivity contribution < 1.29 is 4.21 Å². The molecule has 6 heteroatoms. The molecule has 68 valence electrons. The summed E-state index contributed by atoms with van der Waals surface area (Å²) in [4.78, 5) is 3.78. The van der Waals surface area contributed by atoms with Crippen molar-refractivity contribution in [3.63, 3.8) is 0 Å². The van der Waals surface area contributed by atoms with Crippen molar-refractivity contribution in [3.05, 3.63) is 6.33 Å². The van der Waals surface area contributed by atoms with Gasteiger partial charge < -0.3 is 5.73 Å². The number of rotatable bonds is 3. The van der Waals surface area contributed by atoms with E-state index in [1.807, 2.05) is 6.92 Å². The Bertz CT molecular complexity index is 285. The molecular formula is C6H12N4OS. The molecule has 0 spiro atoms. The Kier molecular flexibility index (Phi) is 2.80. The Hall–Kier alpha value is -0.910. The van der Waals surface area contributed by atoms with E-state index in [0.29, 0.717) is 5.75 Å². The van der Waals surface area contributed by atoms with Crippen LogP contribution >= 0.6 is 0 Å². The van der Waals surface area contributed by atoms with Gasteiger partial charge in [-0.2, -0.15) is 0 Å². The van der Waals surface area contributed by atoms with Crippen LogP contribution in [-0.4, -0.2) is 31.0 Å². The number of nitrogen functional groups attached to an aromatic ring is 1. The third kappa shape index (κ3) is 2.30. The van der Waals surface area contributed by atoms with Crippen LogP contribution in [0.15, 0.2) is 6.33 Å². The molecule has 2 N–H and O–H groups in total. The van der Waals surface area contributed by atoms with Crippen LogP contribution in [0.2, 0.25) is 0 Å². The van der Waals surface area contributed by atoms with E-state index < -0.39 is 10.8 Å². The second kappa shape index (κ2) is 3.66. The summed E-state index contributed by atoms with van der Waals surface area (Å²) in [6.45, 7) is 1.93. The second-order valence-electron chi connectivity index (χ2n) is 2.67. The van der Waals surface area contributed by atoms with Crippen molar-refractivity contribution in [3.8, 4) is 0 Å². The van der Waals surface area contributed by atoms with Gasteiger partial charge in [-0.05, 0) is 6.92 Å². The quantitative estimate of drug-likeness (QED) is 0.713. The molecule has 5 nitrogen and oxygen atoms in total. The molecule has 0 aliphatic carbocycles. The van der Waals surface area contributed by atoms with Crippen molar-refractivity contribution >= 4 is 16.7 Å². The number of nitrogens with two attached hydrogens (primary N) is 1. The van der Waals surface area contributed by atoms with Gasteiger partial charge in [-0.3, -0.25) is 4.21 Å². The van der Waals surface area contributed by atoms with Gasteiger partial charge in [-0.15, -0.1) is 5.10 Å². The molecule has 12 heavy (non-hydrogen) atoms. The van der Waals surface area contributed by atoms with Crippen LogP contribution in [0.4, 0.5) is 5.95 Å². The van der Waals surface area contributed by atoms with Gasteiger partial charge in [0.05, 0.1) is 6.04 Å². The van der Waals surface area contributed by atoms with E-state index in [2.05, 4.69) is 10.1 Å². The Morgan fingerprint density at radius 2 is 2.50 bits per heavy atom. The molecule has 0 fully saturated rings. The highest BCUT2D eigenvalue weighted by atomic mass is 32.2. The molecule has 2 atom stereocenters. The predicted molar refractivity (Wildman–Crippen MR) is 48.1 cm³/mol. The summed E-state index contributed by atoms with van der Waals surface area (Å²) < 4.78 is 12.5. The molecule has 0 radical (unpaired) electrons. The van der Waals surface area contributed by atoms with Crippen molar-refractivity contribution in [2.45, 2.75) is 13.0 Å². The van der Waals surface area contributed by atoms with Gasteiger partial charge in [0, 0.05) is 22.8 Å². The van der Waals surface area contributed by atoms with Crippen LogP contribution in [0.1, 0.15) is 13.0 Å². The maximum absolute atomic E-state index is 10.9. The van der Waals surface area contributed by atoms with E-state index >= 15 is 0 Å². The van der Waals surface area contributed by atoms with E-state index in [9.17, 15) is 4.21 Å². The minimum absolute atomic E-state index is 0.0839. The van der Waals surface area contributed by atoms with Gasteiger partial charge in [0.2, 0.25) is 5.95 Å². The van der Waals surface area contributed by atoms with Crippen LogP contribution in [0.25, 0.3) is 0 Å². The molecule has 1 rings (SSSR count). The number of anilines is 1. The Morgan fingerprint density at radius 3 is 2.92 bits per heavy atom. The molecule has 0 aliphatic rings. The van der Waals surface area contributed by atoms with E-state index in [0.717, 1.165) is 0 Å². The lowest BCUT2D eigenvalue weighted by Gasteiger charge is -2.07. The lowest BCUT2D eigenvalue weighted by atomic mass is 10.4. The fourth-order valence-electron chi connectivity index (χ4n) is 0.917. The van der Waals surface area contributed by atoms with E-state index in [-0.39, 0.29) is 12.0 Å². The predicted octanol–water partition coefficient (Wildman–Crippen LogP) is -0.200. The lowest BCUT2D eigenvalue weighted by molar-refractivity contribution is 0.534. The smallest absolute Gasteiger partial charge is 0.239 e. The van der Waals surface area contributed by atoms with E-state index in [4.69, 9.17) is 5.73 Å². The third-order valence-corrected chi connectivity index (χ3v) is 2.41. The van der Waals surface area contributed by atoms with Crippen LogP contribution in [0.3, 0.4) is 0 Å². The van der Waals surface area contributed by atoms with Crippen molar-refractivity contribution in [2.75, 3.05) is 17.7 Å². The Morgan fingerprint density at radius 1 is 1.83 bits per heavy atom. The third-order valence-electron chi connectivity index (χ3n) is 1.45. The highest BCUT2D eigenvalue weighted by Gasteiger charge is 2.07. The standard InChI is InChI=1S/C6H12N4OS/c1-5(3-12(2)11)10-4-8-6(7)9-10/h4-5H,3H2,1-2H3,(H2,7,9). The van der Waals surface area contributed by atoms with Crippen LogP contribution in [0.5, 0.6) is 0 Å². The normalized spacial score (nSPS) is 15.8. The summed E-state index contributed by atoms with van der Waals surface area (Å²) in [5.74, 6) is 0.826. The van der Waals surface area contributed by atoms with Gasteiger partial charge >= 0.3 is 0 Å². The number of aromatic nitrogens is 3. The van der Waals surface area contributed by atoms with Gasteiger partial charge in [0.1, 0.15) is 6.33 Å². The summed E-state index contributed by atoms with van der Waals surface area (Å²) in [5, 5.41) is 3.91. The van der Waals surface area contributed by atoms with Crippen LogP contribution < -0.4 is 5.73 Å². The summed E-state index contributed by atoms with van der Waals surface area (Å²) in [5.41, 5.74) is 5.33. The lowest BCUT2D eigenvalue weighted by Crippen LogP contribution is -2.13. The largest absolute Gasteiger partial charge is 0.367 e. The average Bonchev–Trinajstić information content (AvgIpc) is 2.34. The molecule has 0 aromatic carbocycles. The van der Waals surface area contributed by atoms with Gasteiger partial charge in [-0.25, -0.2) is 9.67 Å². The number of hydrogen-bond acceptors (Lipinski definition) is 4. The SMILES string of the molecule is CC(CS(C)=O)n1cnc(N)n1. The topological polar surface area (TPSA) is 73.8 Å². The molecular weight excluding hydrogens is 176 g/mol. The minimum atomic E-state index is -0.816. The van der Waals surface area contributed by atoms with Gasteiger partial charge in [0.15, 0.2) is 0 Å². The Labute approximate surface area is 73.4 Å². The first-order chi connectivity index (χ1) is 5.59. The molecule has 0 aliphatic heterocycles. The molecule has 1 aromatic heterocycles. The molecule has 1 aromatic rings. The fraction of sp³-hybridized carbons (Fsp3) is 0.667. The maximum atomic E-state index is 10.9. The van der Waals surface area contributed by atoms with Gasteiger partial charge in [-0.1, -0.05) is 0 Å². The van der Waals surface area contributed by atoms with E-state index in [1.54, 1.807) is 17.3 Å². The number of hydrogen-bond donors (Lipinski definition) is 1. The summed E-state index contributed by atoms with van der Waals surface area (Å²) >= 11 is 0. The average molecular weight is 188 g/mol. The summed E-state index contributed by atoms with van der Waals surface area (Å²) in [7, 11) is -0.816. The summed E-state index contributed by atoms with van der Waals surface area (Å²) in [6.07, 6.45) is 3.21. The number of nitrogens with zero attached hydrogens (tertiary/aromatic N) is 3. The summed E-state index contributed by atoms with van der Waals surface area (Å²) in [6, 6.07) is 0.0839. The minimum Gasteiger partial charge on any atom is -0.367 e. The zero-order chi connectivity index (χ0) is 9.14. The van der Waals surface area contributed by atoms with Crippen LogP contribution in [0, 0.1) is 0 Å². The molecule has 2 unspecified atom stereocenters. The van der Waals surface area contributed by atoms with E-state index in [1.165, 1.54) is 0 Å². The first kappa shape index (κ1) is 9.18. The molecule has 0 saturated carbocycles. The molecule has 0 amide bonds. The van der Waals surface area contributed by atoms with Crippen molar-refractivity contribution in [1.29, 1.82) is 0 Å². The highest BCUT2D eigenvalue weighted by Crippen LogP contribution is 2.04. The first-order valence-electron chi connectivity index (χ1n) is 3.56. The molecule has 0 bridgehead atoms. The monoisotopic (exact) mass is 188 g/mol. The van der Waals surface area contributed by atoms with Crippen molar-refractivity contribution in [1.82, 2.24) is 14.8 Å². The van der Waals surface area contributed by atoms with Gasteiger partial charge in [0.25, 0.3) is 0 Å². The fourth-order valence-corrected chi connectivity index (χ4v) is 1.75. The second-order valence-corrected chi connectivity index (χ2v) is 4.15. The van der Waals surface area contributed by atoms with Crippen molar-refractivity contribution in [2.24, 2.45) is 0 Å². The van der Waals surface area contributed by atoms with Crippen LogP contribution in [-0.2, 0) is 10.8 Å². The molecule has 1 heterocycles.